The molecular formula is C15H19N3O3S. The normalized spacial score (nSPS) is 17.7. The van der Waals surface area contributed by atoms with Crippen molar-refractivity contribution in [3.63, 3.8) is 0 Å². The van der Waals surface area contributed by atoms with Crippen molar-refractivity contribution < 1.29 is 13.2 Å². The van der Waals surface area contributed by atoms with Crippen molar-refractivity contribution in [1.29, 1.82) is 0 Å². The third kappa shape index (κ3) is 3.06. The SMILES string of the molecule is COC1CCN(S(=O)(=O)Nc2cccc3cccnc23)CC1. The predicted molar refractivity (Wildman–Crippen MR) is 85.9 cm³/mol. The highest BCUT2D eigenvalue weighted by Gasteiger charge is 2.28. The molecule has 0 amide bonds. The van der Waals surface area contributed by atoms with Crippen LogP contribution in [0.1, 0.15) is 12.8 Å². The first-order valence-electron chi connectivity index (χ1n) is 7.24. The Morgan fingerprint density at radius 2 is 1.95 bits per heavy atom. The van der Waals surface area contributed by atoms with Gasteiger partial charge in [-0.05, 0) is 25.0 Å². The van der Waals surface area contributed by atoms with Crippen LogP contribution in [0.5, 0.6) is 0 Å². The Balaban J connectivity index is 1.82. The Morgan fingerprint density at radius 3 is 2.68 bits per heavy atom. The summed E-state index contributed by atoms with van der Waals surface area (Å²) < 4.78 is 34.5. The summed E-state index contributed by atoms with van der Waals surface area (Å²) in [6.07, 6.45) is 3.23. The Kier molecular flexibility index (Phi) is 4.28. The molecule has 0 atom stereocenters. The van der Waals surface area contributed by atoms with Crippen LogP contribution in [0.2, 0.25) is 0 Å². The van der Waals surface area contributed by atoms with Crippen LogP contribution in [0.15, 0.2) is 36.5 Å². The number of hydrogen-bond donors (Lipinski definition) is 1. The maximum Gasteiger partial charge on any atom is 0.301 e. The van der Waals surface area contributed by atoms with E-state index in [0.717, 1.165) is 5.39 Å². The second kappa shape index (κ2) is 6.20. The standard InChI is InChI=1S/C15H19N3O3S/c1-21-13-7-10-18(11-8-13)22(19,20)17-14-6-2-4-12-5-3-9-16-15(12)14/h2-6,9,13,17H,7-8,10-11H2,1H3. The molecule has 1 N–H and O–H groups in total. The number of anilines is 1. The van der Waals surface area contributed by atoms with Crippen LogP contribution < -0.4 is 4.72 Å². The van der Waals surface area contributed by atoms with E-state index in [1.807, 2.05) is 24.3 Å². The molecule has 22 heavy (non-hydrogen) atoms. The fourth-order valence-corrected chi connectivity index (χ4v) is 3.96. The fourth-order valence-electron chi connectivity index (χ4n) is 2.70. The molecule has 1 fully saturated rings. The maximum atomic E-state index is 12.5. The van der Waals surface area contributed by atoms with Crippen LogP contribution in [0, 0.1) is 0 Å². The zero-order valence-corrected chi connectivity index (χ0v) is 13.2. The lowest BCUT2D eigenvalue weighted by Crippen LogP contribution is -2.43. The van der Waals surface area contributed by atoms with Gasteiger partial charge in [0.2, 0.25) is 0 Å². The van der Waals surface area contributed by atoms with Gasteiger partial charge >= 0.3 is 10.2 Å². The molecule has 0 aliphatic carbocycles. The summed E-state index contributed by atoms with van der Waals surface area (Å²) in [7, 11) is -1.91. The van der Waals surface area contributed by atoms with E-state index in [9.17, 15) is 8.42 Å². The van der Waals surface area contributed by atoms with Gasteiger partial charge in [-0.2, -0.15) is 12.7 Å². The van der Waals surface area contributed by atoms with Gasteiger partial charge in [-0.15, -0.1) is 0 Å². The number of rotatable bonds is 4. The lowest BCUT2D eigenvalue weighted by molar-refractivity contribution is 0.0606. The average molecular weight is 321 g/mol. The Bertz CT molecular complexity index is 750. The van der Waals surface area contributed by atoms with Gasteiger partial charge < -0.3 is 4.74 Å². The van der Waals surface area contributed by atoms with E-state index in [2.05, 4.69) is 9.71 Å². The summed E-state index contributed by atoms with van der Waals surface area (Å²) in [5, 5.41) is 0.904. The molecule has 0 bridgehead atoms. The minimum absolute atomic E-state index is 0.144. The molecule has 0 radical (unpaired) electrons. The number of para-hydroxylation sites is 1. The molecule has 1 aromatic carbocycles. The molecule has 2 heterocycles. The number of pyridine rings is 1. The van der Waals surface area contributed by atoms with Crippen LogP contribution in [-0.4, -0.2) is 44.0 Å². The minimum Gasteiger partial charge on any atom is -0.381 e. The summed E-state index contributed by atoms with van der Waals surface area (Å²) in [5.41, 5.74) is 1.16. The molecule has 2 aromatic rings. The van der Waals surface area contributed by atoms with Gasteiger partial charge in [0.05, 0.1) is 17.3 Å². The van der Waals surface area contributed by atoms with Gasteiger partial charge in [0.15, 0.2) is 0 Å². The van der Waals surface area contributed by atoms with Crippen molar-refractivity contribution in [2.24, 2.45) is 0 Å². The maximum absolute atomic E-state index is 12.5. The minimum atomic E-state index is -3.57. The van der Waals surface area contributed by atoms with Gasteiger partial charge in [-0.1, -0.05) is 18.2 Å². The molecule has 7 heteroatoms. The second-order valence-corrected chi connectivity index (χ2v) is 6.99. The average Bonchev–Trinajstić information content (AvgIpc) is 2.55. The van der Waals surface area contributed by atoms with E-state index >= 15 is 0 Å². The molecule has 1 aromatic heterocycles. The molecule has 0 unspecified atom stereocenters. The number of ether oxygens (including phenoxy) is 1. The number of methoxy groups -OCH3 is 1. The lowest BCUT2D eigenvalue weighted by atomic mass is 10.1. The quantitative estimate of drug-likeness (QED) is 0.935. The van der Waals surface area contributed by atoms with Gasteiger partial charge in [-0.25, -0.2) is 0 Å². The molecular weight excluding hydrogens is 302 g/mol. The number of fused-ring (bicyclic) bond motifs is 1. The van der Waals surface area contributed by atoms with E-state index < -0.39 is 10.2 Å². The molecule has 1 aliphatic heterocycles. The molecule has 3 rings (SSSR count). The number of nitrogens with one attached hydrogen (secondary N) is 1. The van der Waals surface area contributed by atoms with Gasteiger partial charge in [0.25, 0.3) is 0 Å². The van der Waals surface area contributed by atoms with Crippen molar-refractivity contribution in [3.8, 4) is 0 Å². The zero-order chi connectivity index (χ0) is 15.6. The van der Waals surface area contributed by atoms with E-state index in [1.165, 1.54) is 4.31 Å². The van der Waals surface area contributed by atoms with Gasteiger partial charge in [0, 0.05) is 31.8 Å². The highest BCUT2D eigenvalue weighted by Crippen LogP contribution is 2.24. The number of benzene rings is 1. The Labute approximate surface area is 130 Å². The van der Waals surface area contributed by atoms with Crippen molar-refractivity contribution in [3.05, 3.63) is 36.5 Å². The monoisotopic (exact) mass is 321 g/mol. The van der Waals surface area contributed by atoms with E-state index in [-0.39, 0.29) is 6.10 Å². The highest BCUT2D eigenvalue weighted by molar-refractivity contribution is 7.90. The first kappa shape index (κ1) is 15.2. The highest BCUT2D eigenvalue weighted by atomic mass is 32.2. The number of aromatic nitrogens is 1. The first-order chi connectivity index (χ1) is 10.6. The number of hydrogen-bond acceptors (Lipinski definition) is 4. The second-order valence-electron chi connectivity index (χ2n) is 5.32. The van der Waals surface area contributed by atoms with Crippen LogP contribution in [-0.2, 0) is 14.9 Å². The summed E-state index contributed by atoms with van der Waals surface area (Å²) in [5.74, 6) is 0. The van der Waals surface area contributed by atoms with E-state index in [1.54, 1.807) is 19.4 Å². The third-order valence-electron chi connectivity index (χ3n) is 3.95. The summed E-state index contributed by atoms with van der Waals surface area (Å²) in [6.45, 7) is 0.929. The van der Waals surface area contributed by atoms with Crippen molar-refractivity contribution in [2.75, 3.05) is 24.9 Å². The Morgan fingerprint density at radius 1 is 1.23 bits per heavy atom. The van der Waals surface area contributed by atoms with Gasteiger partial charge in [0.1, 0.15) is 0 Å². The lowest BCUT2D eigenvalue weighted by Gasteiger charge is -2.30. The van der Waals surface area contributed by atoms with Crippen LogP contribution >= 0.6 is 0 Å². The largest absolute Gasteiger partial charge is 0.381 e. The van der Waals surface area contributed by atoms with E-state index in [0.29, 0.717) is 37.1 Å². The summed E-state index contributed by atoms with van der Waals surface area (Å²) >= 11 is 0. The molecule has 0 spiro atoms. The first-order valence-corrected chi connectivity index (χ1v) is 8.68. The van der Waals surface area contributed by atoms with E-state index in [4.69, 9.17) is 4.74 Å². The van der Waals surface area contributed by atoms with Crippen LogP contribution in [0.4, 0.5) is 5.69 Å². The van der Waals surface area contributed by atoms with Crippen molar-refractivity contribution >= 4 is 26.8 Å². The number of piperidine rings is 1. The van der Waals surface area contributed by atoms with Crippen molar-refractivity contribution in [2.45, 2.75) is 18.9 Å². The molecule has 1 aliphatic rings. The summed E-state index contributed by atoms with van der Waals surface area (Å²) in [6, 6.07) is 9.19. The molecule has 1 saturated heterocycles. The van der Waals surface area contributed by atoms with Crippen LogP contribution in [0.25, 0.3) is 10.9 Å². The third-order valence-corrected chi connectivity index (χ3v) is 5.47. The fraction of sp³-hybridized carbons (Fsp3) is 0.400. The number of nitrogens with zero attached hydrogens (tertiary/aromatic N) is 2. The van der Waals surface area contributed by atoms with Gasteiger partial charge in [-0.3, -0.25) is 9.71 Å². The van der Waals surface area contributed by atoms with Crippen LogP contribution in [0.3, 0.4) is 0 Å². The summed E-state index contributed by atoms with van der Waals surface area (Å²) in [4.78, 5) is 4.27. The topological polar surface area (TPSA) is 71.5 Å². The molecule has 6 nitrogen and oxygen atoms in total. The van der Waals surface area contributed by atoms with Crippen molar-refractivity contribution in [1.82, 2.24) is 9.29 Å². The predicted octanol–water partition coefficient (Wildman–Crippen LogP) is 2.00. The smallest absolute Gasteiger partial charge is 0.301 e. The zero-order valence-electron chi connectivity index (χ0n) is 12.4. The molecule has 0 saturated carbocycles. The molecule has 118 valence electrons. The Hall–Kier alpha value is -1.70.